The topological polar surface area (TPSA) is 25.8 Å². The van der Waals surface area contributed by atoms with Crippen LogP contribution in [0.4, 0.5) is 0 Å². The Morgan fingerprint density at radius 3 is 1.49 bits per heavy atom. The van der Waals surface area contributed by atoms with E-state index in [1.807, 2.05) is 23.5 Å². The molecule has 55 heavy (non-hydrogen) atoms. The van der Waals surface area contributed by atoms with Crippen LogP contribution in [0.15, 0.2) is 194 Å². The Morgan fingerprint density at radius 2 is 0.800 bits per heavy atom. The standard InChI is InChI=1S/C52H32N2S/c1-3-12-33(13-4-1)34-22-24-36(25-23-34)52-53-47(35-14-5-2-6-15-35)32-48(54-52)44-20-11-21-50-51(44)46-31-38(27-29-49(46)55-50)37-26-28-43-41-18-8-7-16-39(41)40-17-9-10-19-42(40)45(43)30-37/h1-32H. The van der Waals surface area contributed by atoms with Crippen molar-refractivity contribution in [2.75, 3.05) is 0 Å². The van der Waals surface area contributed by atoms with Crippen molar-refractivity contribution in [3.05, 3.63) is 194 Å². The van der Waals surface area contributed by atoms with Crippen LogP contribution in [0, 0.1) is 0 Å². The molecule has 0 bridgehead atoms. The Bertz CT molecular complexity index is 3200. The second-order valence-electron chi connectivity index (χ2n) is 14.1. The molecule has 0 saturated heterocycles. The van der Waals surface area contributed by atoms with Gasteiger partial charge in [0, 0.05) is 36.9 Å². The van der Waals surface area contributed by atoms with Gasteiger partial charge in [0.05, 0.1) is 11.4 Å². The summed E-state index contributed by atoms with van der Waals surface area (Å²) in [6.07, 6.45) is 0. The summed E-state index contributed by atoms with van der Waals surface area (Å²) in [5.74, 6) is 0.712. The third kappa shape index (κ3) is 5.40. The van der Waals surface area contributed by atoms with Crippen molar-refractivity contribution < 1.29 is 0 Å². The lowest BCUT2D eigenvalue weighted by atomic mass is 9.92. The highest BCUT2D eigenvalue weighted by Gasteiger charge is 2.17. The molecule has 0 N–H and O–H groups in total. The number of hydrogen-bond acceptors (Lipinski definition) is 3. The fourth-order valence-electron chi connectivity index (χ4n) is 8.22. The van der Waals surface area contributed by atoms with Gasteiger partial charge >= 0.3 is 0 Å². The van der Waals surface area contributed by atoms with Crippen LogP contribution in [0.5, 0.6) is 0 Å². The van der Waals surface area contributed by atoms with Gasteiger partial charge in [-0.25, -0.2) is 9.97 Å². The third-order valence-corrected chi connectivity index (χ3v) is 12.0. The minimum atomic E-state index is 0.712. The summed E-state index contributed by atoms with van der Waals surface area (Å²) < 4.78 is 2.51. The monoisotopic (exact) mass is 716 g/mol. The summed E-state index contributed by atoms with van der Waals surface area (Å²) in [4.78, 5) is 10.4. The molecule has 0 radical (unpaired) electrons. The lowest BCUT2D eigenvalue weighted by molar-refractivity contribution is 1.19. The molecule has 0 aliphatic heterocycles. The van der Waals surface area contributed by atoms with E-state index in [9.17, 15) is 0 Å². The van der Waals surface area contributed by atoms with E-state index in [4.69, 9.17) is 9.97 Å². The SMILES string of the molecule is c1ccc(-c2ccc(-c3nc(-c4ccccc4)cc(-c4cccc5sc6ccc(-c7ccc8c9ccccc9c9ccccc9c8c7)cc6c45)n3)cc2)cc1. The highest BCUT2D eigenvalue weighted by atomic mass is 32.1. The first-order chi connectivity index (χ1) is 27.2. The van der Waals surface area contributed by atoms with Crippen molar-refractivity contribution in [3.8, 4) is 56.2 Å². The zero-order valence-corrected chi connectivity index (χ0v) is 30.6. The van der Waals surface area contributed by atoms with Gasteiger partial charge in [-0.05, 0) is 84.9 Å². The molecule has 2 heterocycles. The van der Waals surface area contributed by atoms with E-state index in [2.05, 4.69) is 182 Å². The van der Waals surface area contributed by atoms with Crippen molar-refractivity contribution in [3.63, 3.8) is 0 Å². The van der Waals surface area contributed by atoms with E-state index in [1.165, 1.54) is 74.7 Å². The molecule has 0 atom stereocenters. The Kier molecular flexibility index (Phi) is 7.39. The first kappa shape index (κ1) is 31.6. The maximum atomic E-state index is 5.30. The number of rotatable bonds is 5. The fourth-order valence-corrected chi connectivity index (χ4v) is 9.33. The first-order valence-corrected chi connectivity index (χ1v) is 19.5. The summed E-state index contributed by atoms with van der Waals surface area (Å²) in [6, 6.07) is 69.7. The largest absolute Gasteiger partial charge is 0.228 e. The Labute approximate surface area is 322 Å². The summed E-state index contributed by atoms with van der Waals surface area (Å²) in [6.45, 7) is 0. The van der Waals surface area contributed by atoms with E-state index in [0.717, 1.165) is 28.1 Å². The first-order valence-electron chi connectivity index (χ1n) is 18.6. The molecule has 0 spiro atoms. The number of nitrogens with zero attached hydrogens (tertiary/aromatic N) is 2. The number of thiophene rings is 1. The molecule has 9 aromatic carbocycles. The minimum Gasteiger partial charge on any atom is -0.228 e. The van der Waals surface area contributed by atoms with Crippen molar-refractivity contribution >= 4 is 63.8 Å². The normalized spacial score (nSPS) is 11.6. The van der Waals surface area contributed by atoms with Crippen LogP contribution in [-0.2, 0) is 0 Å². The molecule has 2 aromatic heterocycles. The smallest absolute Gasteiger partial charge is 0.160 e. The number of aromatic nitrogens is 2. The second kappa shape index (κ2) is 12.9. The van der Waals surface area contributed by atoms with Crippen molar-refractivity contribution in [2.45, 2.75) is 0 Å². The highest BCUT2D eigenvalue weighted by molar-refractivity contribution is 7.26. The molecule has 11 aromatic rings. The van der Waals surface area contributed by atoms with Gasteiger partial charge in [-0.1, -0.05) is 164 Å². The molecule has 0 amide bonds. The van der Waals surface area contributed by atoms with Gasteiger partial charge < -0.3 is 0 Å². The van der Waals surface area contributed by atoms with Gasteiger partial charge in [0.15, 0.2) is 5.82 Å². The van der Waals surface area contributed by atoms with Gasteiger partial charge in [0.25, 0.3) is 0 Å². The van der Waals surface area contributed by atoms with Gasteiger partial charge in [0.1, 0.15) is 0 Å². The van der Waals surface area contributed by atoms with Crippen LogP contribution in [0.2, 0.25) is 0 Å². The molecule has 0 unspecified atom stereocenters. The quantitative estimate of drug-likeness (QED) is 0.166. The van der Waals surface area contributed by atoms with E-state index in [1.54, 1.807) is 0 Å². The van der Waals surface area contributed by atoms with Crippen molar-refractivity contribution in [2.24, 2.45) is 0 Å². The predicted octanol–water partition coefficient (Wildman–Crippen LogP) is 14.6. The lowest BCUT2D eigenvalue weighted by Crippen LogP contribution is -1.96. The molecule has 0 saturated carbocycles. The average molecular weight is 717 g/mol. The maximum Gasteiger partial charge on any atom is 0.160 e. The molecule has 2 nitrogen and oxygen atoms in total. The summed E-state index contributed by atoms with van der Waals surface area (Å²) in [7, 11) is 0. The molecule has 3 heteroatoms. The molecular formula is C52H32N2S. The predicted molar refractivity (Wildman–Crippen MR) is 235 cm³/mol. The third-order valence-electron chi connectivity index (χ3n) is 10.9. The molecule has 0 aliphatic carbocycles. The van der Waals surface area contributed by atoms with E-state index in [-0.39, 0.29) is 0 Å². The minimum absolute atomic E-state index is 0.712. The van der Waals surface area contributed by atoms with E-state index < -0.39 is 0 Å². The van der Waals surface area contributed by atoms with Crippen LogP contribution in [0.3, 0.4) is 0 Å². The molecule has 0 fully saturated rings. The van der Waals surface area contributed by atoms with Gasteiger partial charge in [0.2, 0.25) is 0 Å². The zero-order valence-electron chi connectivity index (χ0n) is 29.8. The molecule has 0 aliphatic rings. The van der Waals surface area contributed by atoms with Gasteiger partial charge in [-0.2, -0.15) is 0 Å². The summed E-state index contributed by atoms with van der Waals surface area (Å²) >= 11 is 1.84. The van der Waals surface area contributed by atoms with Crippen LogP contribution in [0.1, 0.15) is 0 Å². The van der Waals surface area contributed by atoms with Gasteiger partial charge in [-0.15, -0.1) is 11.3 Å². The highest BCUT2D eigenvalue weighted by Crippen LogP contribution is 2.43. The second-order valence-corrected chi connectivity index (χ2v) is 15.2. The number of fused-ring (bicyclic) bond motifs is 9. The Balaban J connectivity index is 1.08. The molecule has 256 valence electrons. The van der Waals surface area contributed by atoms with Crippen LogP contribution >= 0.6 is 11.3 Å². The van der Waals surface area contributed by atoms with Crippen molar-refractivity contribution in [1.29, 1.82) is 0 Å². The Morgan fingerprint density at radius 1 is 0.291 bits per heavy atom. The lowest BCUT2D eigenvalue weighted by Gasteiger charge is -2.12. The van der Waals surface area contributed by atoms with E-state index in [0.29, 0.717) is 5.82 Å². The fraction of sp³-hybridized carbons (Fsp3) is 0. The van der Waals surface area contributed by atoms with Crippen molar-refractivity contribution in [1.82, 2.24) is 9.97 Å². The summed E-state index contributed by atoms with van der Waals surface area (Å²) in [5, 5.41) is 10.2. The molecular weight excluding hydrogens is 685 g/mol. The van der Waals surface area contributed by atoms with Crippen LogP contribution in [-0.4, -0.2) is 9.97 Å². The zero-order chi connectivity index (χ0) is 36.3. The average Bonchev–Trinajstić information content (AvgIpc) is 3.65. The van der Waals surface area contributed by atoms with Crippen LogP contribution < -0.4 is 0 Å². The maximum absolute atomic E-state index is 5.30. The molecule has 11 rings (SSSR count). The summed E-state index contributed by atoms with van der Waals surface area (Å²) in [5.41, 5.74) is 9.75. The van der Waals surface area contributed by atoms with Gasteiger partial charge in [-0.3, -0.25) is 0 Å². The number of benzene rings is 9. The Hall–Kier alpha value is -6.94. The van der Waals surface area contributed by atoms with Crippen LogP contribution in [0.25, 0.3) is 109 Å². The number of hydrogen-bond donors (Lipinski definition) is 0. The van der Waals surface area contributed by atoms with E-state index >= 15 is 0 Å².